The van der Waals surface area contributed by atoms with Crippen molar-refractivity contribution in [1.29, 1.82) is 0 Å². The predicted molar refractivity (Wildman–Crippen MR) is 112 cm³/mol. The van der Waals surface area contributed by atoms with Crippen molar-refractivity contribution >= 4 is 5.82 Å². The standard InChI is InChI=1S/C22H24N2O5/c1-26-17-10-8-15(9-11-17)14-23-20-6-5-7-21(25)24(20)16-12-18(27-2)22(29-4)19(13-16)28-3/h5-13,23H,14H2,1-4H3. The first-order valence-electron chi connectivity index (χ1n) is 9.00. The fourth-order valence-corrected chi connectivity index (χ4v) is 3.03. The smallest absolute Gasteiger partial charge is 0.256 e. The first kappa shape index (κ1) is 20.1. The van der Waals surface area contributed by atoms with Gasteiger partial charge in [-0.2, -0.15) is 0 Å². The van der Waals surface area contributed by atoms with E-state index in [4.69, 9.17) is 18.9 Å². The molecule has 152 valence electrons. The van der Waals surface area contributed by atoms with Crippen molar-refractivity contribution in [2.75, 3.05) is 33.8 Å². The molecule has 0 fully saturated rings. The van der Waals surface area contributed by atoms with Gasteiger partial charge in [-0.15, -0.1) is 0 Å². The van der Waals surface area contributed by atoms with Gasteiger partial charge in [0.15, 0.2) is 11.5 Å². The van der Waals surface area contributed by atoms with Gasteiger partial charge in [-0.1, -0.05) is 18.2 Å². The van der Waals surface area contributed by atoms with E-state index in [0.717, 1.165) is 11.3 Å². The van der Waals surface area contributed by atoms with Crippen molar-refractivity contribution in [1.82, 2.24) is 4.57 Å². The summed E-state index contributed by atoms with van der Waals surface area (Å²) in [5.41, 5.74) is 1.47. The Morgan fingerprint density at radius 1 is 0.828 bits per heavy atom. The van der Waals surface area contributed by atoms with E-state index in [-0.39, 0.29) is 5.56 Å². The first-order valence-corrected chi connectivity index (χ1v) is 9.00. The molecular formula is C22H24N2O5. The summed E-state index contributed by atoms with van der Waals surface area (Å²) in [7, 11) is 6.25. The highest BCUT2D eigenvalue weighted by molar-refractivity contribution is 5.60. The molecule has 7 nitrogen and oxygen atoms in total. The van der Waals surface area contributed by atoms with Gasteiger partial charge in [0.25, 0.3) is 5.56 Å². The van der Waals surface area contributed by atoms with Crippen molar-refractivity contribution in [3.63, 3.8) is 0 Å². The van der Waals surface area contributed by atoms with Crippen LogP contribution in [0.3, 0.4) is 0 Å². The van der Waals surface area contributed by atoms with Crippen LogP contribution in [0.4, 0.5) is 5.82 Å². The maximum absolute atomic E-state index is 12.7. The number of hydrogen-bond donors (Lipinski definition) is 1. The SMILES string of the molecule is COc1ccc(CNc2cccc(=O)n2-c2cc(OC)c(OC)c(OC)c2)cc1. The Labute approximate surface area is 169 Å². The van der Waals surface area contributed by atoms with Crippen LogP contribution in [0.25, 0.3) is 5.69 Å². The predicted octanol–water partition coefficient (Wildman–Crippen LogP) is 3.48. The van der Waals surface area contributed by atoms with E-state index in [9.17, 15) is 4.79 Å². The van der Waals surface area contributed by atoms with E-state index in [0.29, 0.717) is 35.3 Å². The molecule has 0 bridgehead atoms. The number of hydrogen-bond acceptors (Lipinski definition) is 6. The summed E-state index contributed by atoms with van der Waals surface area (Å²) in [5, 5.41) is 3.32. The zero-order chi connectivity index (χ0) is 20.8. The third kappa shape index (κ3) is 4.29. The van der Waals surface area contributed by atoms with Gasteiger partial charge in [0, 0.05) is 24.7 Å². The van der Waals surface area contributed by atoms with Crippen molar-refractivity contribution in [3.8, 4) is 28.7 Å². The average Bonchev–Trinajstić information content (AvgIpc) is 2.76. The lowest BCUT2D eigenvalue weighted by Crippen LogP contribution is -2.21. The van der Waals surface area contributed by atoms with Gasteiger partial charge in [-0.05, 0) is 23.8 Å². The summed E-state index contributed by atoms with van der Waals surface area (Å²) in [6, 6.07) is 16.3. The summed E-state index contributed by atoms with van der Waals surface area (Å²) in [6.07, 6.45) is 0. The lowest BCUT2D eigenvalue weighted by molar-refractivity contribution is 0.324. The number of ether oxygens (including phenoxy) is 4. The molecule has 7 heteroatoms. The lowest BCUT2D eigenvalue weighted by atomic mass is 10.2. The zero-order valence-electron chi connectivity index (χ0n) is 16.9. The normalized spacial score (nSPS) is 10.3. The van der Waals surface area contributed by atoms with Gasteiger partial charge in [-0.25, -0.2) is 0 Å². The topological polar surface area (TPSA) is 71.0 Å². The fraction of sp³-hybridized carbons (Fsp3) is 0.227. The number of anilines is 1. The van der Waals surface area contributed by atoms with Gasteiger partial charge in [-0.3, -0.25) is 9.36 Å². The molecule has 1 aromatic heterocycles. The molecule has 2 aromatic carbocycles. The van der Waals surface area contributed by atoms with Crippen LogP contribution < -0.4 is 29.8 Å². The quantitative estimate of drug-likeness (QED) is 0.629. The summed E-state index contributed by atoms with van der Waals surface area (Å²) >= 11 is 0. The van der Waals surface area contributed by atoms with Crippen molar-refractivity contribution in [3.05, 3.63) is 70.5 Å². The number of methoxy groups -OCH3 is 4. The maximum Gasteiger partial charge on any atom is 0.256 e. The zero-order valence-corrected chi connectivity index (χ0v) is 16.9. The van der Waals surface area contributed by atoms with E-state index >= 15 is 0 Å². The van der Waals surface area contributed by atoms with Crippen LogP contribution in [-0.2, 0) is 6.54 Å². The molecule has 3 aromatic rings. The van der Waals surface area contributed by atoms with Crippen LogP contribution in [0.5, 0.6) is 23.0 Å². The Morgan fingerprint density at radius 3 is 2.03 bits per heavy atom. The molecular weight excluding hydrogens is 372 g/mol. The molecule has 0 spiro atoms. The Bertz CT molecular complexity index is 1000. The van der Waals surface area contributed by atoms with E-state index in [2.05, 4.69) is 5.32 Å². The number of nitrogens with zero attached hydrogens (tertiary/aromatic N) is 1. The monoisotopic (exact) mass is 396 g/mol. The van der Waals surface area contributed by atoms with E-state index in [1.54, 1.807) is 29.9 Å². The number of aromatic nitrogens is 1. The minimum atomic E-state index is -0.181. The number of rotatable bonds is 8. The second kappa shape index (κ2) is 9.05. The Kier molecular flexibility index (Phi) is 6.29. The fourth-order valence-electron chi connectivity index (χ4n) is 3.03. The maximum atomic E-state index is 12.7. The largest absolute Gasteiger partial charge is 0.497 e. The Hall–Kier alpha value is -3.61. The molecule has 0 saturated carbocycles. The van der Waals surface area contributed by atoms with Crippen molar-refractivity contribution in [2.45, 2.75) is 6.54 Å². The van der Waals surface area contributed by atoms with E-state index < -0.39 is 0 Å². The molecule has 3 rings (SSSR count). The molecule has 0 atom stereocenters. The molecule has 0 amide bonds. The molecule has 1 N–H and O–H groups in total. The molecule has 0 aliphatic carbocycles. The molecule has 0 aliphatic rings. The van der Waals surface area contributed by atoms with Gasteiger partial charge in [0.2, 0.25) is 5.75 Å². The molecule has 29 heavy (non-hydrogen) atoms. The highest BCUT2D eigenvalue weighted by atomic mass is 16.5. The summed E-state index contributed by atoms with van der Waals surface area (Å²) in [6.45, 7) is 0.540. The molecule has 0 radical (unpaired) electrons. The number of nitrogens with one attached hydrogen (secondary N) is 1. The van der Waals surface area contributed by atoms with Gasteiger partial charge in [0.05, 0.1) is 34.1 Å². The molecule has 0 unspecified atom stereocenters. The van der Waals surface area contributed by atoms with Crippen molar-refractivity contribution < 1.29 is 18.9 Å². The van der Waals surface area contributed by atoms with Crippen LogP contribution in [0.15, 0.2) is 59.4 Å². The first-order chi connectivity index (χ1) is 14.1. The summed E-state index contributed by atoms with van der Waals surface area (Å²) in [5.74, 6) is 2.85. The van der Waals surface area contributed by atoms with Gasteiger partial charge in [0.1, 0.15) is 11.6 Å². The molecule has 0 aliphatic heterocycles. The van der Waals surface area contributed by atoms with E-state index in [1.165, 1.54) is 27.4 Å². The molecule has 1 heterocycles. The van der Waals surface area contributed by atoms with Crippen molar-refractivity contribution in [2.24, 2.45) is 0 Å². The molecule has 0 saturated heterocycles. The van der Waals surface area contributed by atoms with Crippen LogP contribution in [0.1, 0.15) is 5.56 Å². The lowest BCUT2D eigenvalue weighted by Gasteiger charge is -2.18. The highest BCUT2D eigenvalue weighted by Crippen LogP contribution is 2.39. The van der Waals surface area contributed by atoms with Crippen LogP contribution in [0, 0.1) is 0 Å². The minimum absolute atomic E-state index is 0.181. The second-order valence-electron chi connectivity index (χ2n) is 6.17. The van der Waals surface area contributed by atoms with Gasteiger partial charge < -0.3 is 24.3 Å². The van der Waals surface area contributed by atoms with E-state index in [1.807, 2.05) is 30.3 Å². The number of pyridine rings is 1. The van der Waals surface area contributed by atoms with Crippen LogP contribution in [0.2, 0.25) is 0 Å². The Balaban J connectivity index is 1.99. The third-order valence-electron chi connectivity index (χ3n) is 4.49. The number of benzene rings is 2. The summed E-state index contributed by atoms with van der Waals surface area (Å²) < 4.78 is 23.0. The van der Waals surface area contributed by atoms with Gasteiger partial charge >= 0.3 is 0 Å². The average molecular weight is 396 g/mol. The van der Waals surface area contributed by atoms with Crippen LogP contribution in [-0.4, -0.2) is 33.0 Å². The Morgan fingerprint density at radius 2 is 1.48 bits per heavy atom. The minimum Gasteiger partial charge on any atom is -0.497 e. The second-order valence-corrected chi connectivity index (χ2v) is 6.17. The van der Waals surface area contributed by atoms with Crippen LogP contribution >= 0.6 is 0 Å². The highest BCUT2D eigenvalue weighted by Gasteiger charge is 2.16. The third-order valence-corrected chi connectivity index (χ3v) is 4.49. The summed E-state index contributed by atoms with van der Waals surface area (Å²) in [4.78, 5) is 12.7.